The van der Waals surface area contributed by atoms with Crippen LogP contribution in [0, 0.1) is 12.3 Å². The van der Waals surface area contributed by atoms with Crippen molar-refractivity contribution in [3.8, 4) is 12.3 Å². The summed E-state index contributed by atoms with van der Waals surface area (Å²) < 4.78 is 4.47. The molecule has 0 radical (unpaired) electrons. The third-order valence-corrected chi connectivity index (χ3v) is 1.47. The highest BCUT2D eigenvalue weighted by atomic mass is 16.5. The summed E-state index contributed by atoms with van der Waals surface area (Å²) in [5.74, 6) is 2.34. The molecule has 0 aliphatic heterocycles. The molecule has 1 atom stereocenters. The number of terminal acetylenes is 1. The standard InChI is InChI=1S/C9H15NO2/c1-4-5-8(2)10-7-6-9(11)12-3/h1,8,10H,5-7H2,2-3H3. The quantitative estimate of drug-likeness (QED) is 0.482. The van der Waals surface area contributed by atoms with Crippen LogP contribution in [-0.2, 0) is 9.53 Å². The van der Waals surface area contributed by atoms with Crippen molar-refractivity contribution in [2.75, 3.05) is 13.7 Å². The van der Waals surface area contributed by atoms with E-state index in [1.807, 2.05) is 6.92 Å². The van der Waals surface area contributed by atoms with Gasteiger partial charge in [0.1, 0.15) is 0 Å². The van der Waals surface area contributed by atoms with Gasteiger partial charge in [0.15, 0.2) is 0 Å². The lowest BCUT2D eigenvalue weighted by atomic mass is 10.2. The van der Waals surface area contributed by atoms with E-state index < -0.39 is 0 Å². The Morgan fingerprint density at radius 1 is 1.75 bits per heavy atom. The first-order valence-electron chi connectivity index (χ1n) is 3.94. The molecular weight excluding hydrogens is 154 g/mol. The molecule has 0 bridgehead atoms. The first kappa shape index (κ1) is 11.0. The Balaban J connectivity index is 3.31. The van der Waals surface area contributed by atoms with E-state index in [-0.39, 0.29) is 12.0 Å². The highest BCUT2D eigenvalue weighted by molar-refractivity contribution is 5.69. The van der Waals surface area contributed by atoms with Gasteiger partial charge in [-0.25, -0.2) is 0 Å². The molecule has 68 valence electrons. The molecule has 0 aromatic carbocycles. The number of carbonyl (C=O) groups excluding carboxylic acids is 1. The van der Waals surface area contributed by atoms with E-state index >= 15 is 0 Å². The zero-order valence-electron chi connectivity index (χ0n) is 7.59. The minimum absolute atomic E-state index is 0.199. The van der Waals surface area contributed by atoms with E-state index in [1.165, 1.54) is 7.11 Å². The van der Waals surface area contributed by atoms with Crippen LogP contribution in [-0.4, -0.2) is 25.7 Å². The van der Waals surface area contributed by atoms with Gasteiger partial charge in [-0.05, 0) is 6.92 Å². The second-order valence-corrected chi connectivity index (χ2v) is 2.59. The zero-order valence-corrected chi connectivity index (χ0v) is 7.59. The molecule has 1 unspecified atom stereocenters. The molecule has 3 nitrogen and oxygen atoms in total. The van der Waals surface area contributed by atoms with Crippen molar-refractivity contribution in [3.63, 3.8) is 0 Å². The lowest BCUT2D eigenvalue weighted by Crippen LogP contribution is -2.28. The Hall–Kier alpha value is -1.01. The van der Waals surface area contributed by atoms with E-state index in [1.54, 1.807) is 0 Å². The Kier molecular flexibility index (Phi) is 6.12. The van der Waals surface area contributed by atoms with Crippen LogP contribution in [0.4, 0.5) is 0 Å². The van der Waals surface area contributed by atoms with Gasteiger partial charge in [-0.1, -0.05) is 0 Å². The molecule has 0 rings (SSSR count). The van der Waals surface area contributed by atoms with Gasteiger partial charge in [-0.15, -0.1) is 12.3 Å². The van der Waals surface area contributed by atoms with Gasteiger partial charge in [0.25, 0.3) is 0 Å². The minimum atomic E-state index is -0.199. The molecule has 0 aromatic heterocycles. The fraction of sp³-hybridized carbons (Fsp3) is 0.667. The lowest BCUT2D eigenvalue weighted by Gasteiger charge is -2.09. The van der Waals surface area contributed by atoms with Gasteiger partial charge >= 0.3 is 5.97 Å². The lowest BCUT2D eigenvalue weighted by molar-refractivity contribution is -0.140. The maximum atomic E-state index is 10.6. The van der Waals surface area contributed by atoms with Gasteiger partial charge < -0.3 is 10.1 Å². The maximum Gasteiger partial charge on any atom is 0.306 e. The number of ether oxygens (including phenoxy) is 1. The molecule has 0 saturated heterocycles. The first-order chi connectivity index (χ1) is 5.70. The number of rotatable bonds is 5. The van der Waals surface area contributed by atoms with Crippen molar-refractivity contribution in [2.24, 2.45) is 0 Å². The van der Waals surface area contributed by atoms with Crippen LogP contribution in [0.15, 0.2) is 0 Å². The molecular formula is C9H15NO2. The molecule has 0 spiro atoms. The number of esters is 1. The van der Waals surface area contributed by atoms with E-state index in [2.05, 4.69) is 16.0 Å². The third-order valence-electron chi connectivity index (χ3n) is 1.47. The highest BCUT2D eigenvalue weighted by Gasteiger charge is 2.01. The van der Waals surface area contributed by atoms with Crippen LogP contribution in [0.2, 0.25) is 0 Å². The van der Waals surface area contributed by atoms with Crippen molar-refractivity contribution < 1.29 is 9.53 Å². The molecule has 0 aliphatic carbocycles. The molecule has 0 saturated carbocycles. The van der Waals surface area contributed by atoms with Crippen LogP contribution < -0.4 is 5.32 Å². The second-order valence-electron chi connectivity index (χ2n) is 2.59. The number of hydrogen-bond donors (Lipinski definition) is 1. The molecule has 0 aliphatic rings. The largest absolute Gasteiger partial charge is 0.469 e. The van der Waals surface area contributed by atoms with Gasteiger partial charge in [0, 0.05) is 19.0 Å². The molecule has 0 fully saturated rings. The Labute approximate surface area is 73.5 Å². The van der Waals surface area contributed by atoms with Crippen LogP contribution in [0.5, 0.6) is 0 Å². The summed E-state index contributed by atoms with van der Waals surface area (Å²) in [4.78, 5) is 10.6. The topological polar surface area (TPSA) is 38.3 Å². The monoisotopic (exact) mass is 169 g/mol. The fourth-order valence-corrected chi connectivity index (χ4v) is 0.772. The average molecular weight is 169 g/mol. The first-order valence-corrected chi connectivity index (χ1v) is 3.94. The normalized spacial score (nSPS) is 11.8. The molecule has 3 heteroatoms. The third kappa shape index (κ3) is 5.75. The molecule has 1 N–H and O–H groups in total. The summed E-state index contributed by atoms with van der Waals surface area (Å²) >= 11 is 0. The molecule has 0 amide bonds. The summed E-state index contributed by atoms with van der Waals surface area (Å²) in [5.41, 5.74) is 0. The highest BCUT2D eigenvalue weighted by Crippen LogP contribution is 1.88. The number of carbonyl (C=O) groups is 1. The average Bonchev–Trinajstić information content (AvgIpc) is 2.04. The van der Waals surface area contributed by atoms with E-state index in [9.17, 15) is 4.79 Å². The fourth-order valence-electron chi connectivity index (χ4n) is 0.772. The predicted molar refractivity (Wildman–Crippen MR) is 47.5 cm³/mol. The summed E-state index contributed by atoms with van der Waals surface area (Å²) in [6, 6.07) is 0.264. The Morgan fingerprint density at radius 3 is 2.92 bits per heavy atom. The minimum Gasteiger partial charge on any atom is -0.469 e. The van der Waals surface area contributed by atoms with Gasteiger partial charge in [0.2, 0.25) is 0 Å². The van der Waals surface area contributed by atoms with Crippen molar-refractivity contribution in [3.05, 3.63) is 0 Å². The second kappa shape index (κ2) is 6.68. The van der Waals surface area contributed by atoms with Gasteiger partial charge in [0.05, 0.1) is 13.5 Å². The Bertz CT molecular complexity index is 172. The van der Waals surface area contributed by atoms with E-state index in [0.717, 1.165) is 0 Å². The van der Waals surface area contributed by atoms with Crippen molar-refractivity contribution >= 4 is 5.97 Å². The predicted octanol–water partition coefficient (Wildman–Crippen LogP) is 0.551. The summed E-state index contributed by atoms with van der Waals surface area (Å²) in [7, 11) is 1.38. The van der Waals surface area contributed by atoms with Crippen LogP contribution >= 0.6 is 0 Å². The van der Waals surface area contributed by atoms with Crippen LogP contribution in [0.1, 0.15) is 19.8 Å². The summed E-state index contributed by atoms with van der Waals surface area (Å²) in [6.07, 6.45) is 6.18. The number of methoxy groups -OCH3 is 1. The van der Waals surface area contributed by atoms with Crippen molar-refractivity contribution in [1.29, 1.82) is 0 Å². The van der Waals surface area contributed by atoms with Crippen LogP contribution in [0.25, 0.3) is 0 Å². The van der Waals surface area contributed by atoms with Gasteiger partial charge in [-0.3, -0.25) is 4.79 Å². The van der Waals surface area contributed by atoms with Crippen molar-refractivity contribution in [1.82, 2.24) is 5.32 Å². The number of nitrogens with one attached hydrogen (secondary N) is 1. The van der Waals surface area contributed by atoms with E-state index in [0.29, 0.717) is 19.4 Å². The number of hydrogen-bond acceptors (Lipinski definition) is 3. The zero-order chi connectivity index (χ0) is 9.40. The maximum absolute atomic E-state index is 10.6. The molecule has 12 heavy (non-hydrogen) atoms. The Morgan fingerprint density at radius 2 is 2.42 bits per heavy atom. The summed E-state index contributed by atoms with van der Waals surface area (Å²) in [6.45, 7) is 2.60. The summed E-state index contributed by atoms with van der Waals surface area (Å²) in [5, 5.41) is 3.11. The van der Waals surface area contributed by atoms with Gasteiger partial charge in [-0.2, -0.15) is 0 Å². The van der Waals surface area contributed by atoms with Crippen molar-refractivity contribution in [2.45, 2.75) is 25.8 Å². The van der Waals surface area contributed by atoms with E-state index in [4.69, 9.17) is 6.42 Å². The smallest absolute Gasteiger partial charge is 0.306 e. The van der Waals surface area contributed by atoms with Crippen LogP contribution in [0.3, 0.4) is 0 Å². The molecule has 0 aromatic rings. The SMILES string of the molecule is C#CCC(C)NCCC(=O)OC. The molecule has 0 heterocycles.